The second kappa shape index (κ2) is 6.73. The number of ether oxygens (including phenoxy) is 1. The zero-order valence-corrected chi connectivity index (χ0v) is 11.2. The molecule has 0 aliphatic carbocycles. The summed E-state index contributed by atoms with van der Waals surface area (Å²) in [5.74, 6) is 0.789. The number of nitrogens with zero attached hydrogens (tertiary/aromatic N) is 1. The molecule has 1 atom stereocenters. The molecule has 1 aromatic carbocycles. The molecule has 0 amide bonds. The Morgan fingerprint density at radius 1 is 1.42 bits per heavy atom. The van der Waals surface area contributed by atoms with Gasteiger partial charge in [0, 0.05) is 43.9 Å². The normalized spacial score (nSPS) is 18.2. The second-order valence-corrected chi connectivity index (χ2v) is 4.70. The molecule has 5 heteroatoms. The third kappa shape index (κ3) is 3.36. The standard InChI is InChI=1S/C14H21FN2O2/c1-19-11-2-3-12(14(18)10-11)13(4-5-15)17-8-6-16-7-9-17/h2-3,10,13,16,18H,4-9H2,1H3/t13-/m0/s1. The lowest BCUT2D eigenvalue weighted by Crippen LogP contribution is -2.45. The number of benzene rings is 1. The van der Waals surface area contributed by atoms with E-state index in [0.29, 0.717) is 12.2 Å². The number of nitrogens with one attached hydrogen (secondary N) is 1. The molecule has 106 valence electrons. The van der Waals surface area contributed by atoms with E-state index in [1.165, 1.54) is 0 Å². The molecule has 2 rings (SSSR count). The van der Waals surface area contributed by atoms with E-state index in [2.05, 4.69) is 10.2 Å². The van der Waals surface area contributed by atoms with Gasteiger partial charge in [-0.2, -0.15) is 0 Å². The highest BCUT2D eigenvalue weighted by Gasteiger charge is 2.24. The van der Waals surface area contributed by atoms with Crippen LogP contribution in [-0.4, -0.2) is 50.0 Å². The first-order valence-corrected chi connectivity index (χ1v) is 6.64. The second-order valence-electron chi connectivity index (χ2n) is 4.70. The van der Waals surface area contributed by atoms with Gasteiger partial charge in [0.05, 0.1) is 13.8 Å². The van der Waals surface area contributed by atoms with E-state index in [1.807, 2.05) is 12.1 Å². The van der Waals surface area contributed by atoms with Crippen LogP contribution in [0.15, 0.2) is 18.2 Å². The fourth-order valence-corrected chi connectivity index (χ4v) is 2.56. The van der Waals surface area contributed by atoms with Crippen LogP contribution in [0.4, 0.5) is 4.39 Å². The van der Waals surface area contributed by atoms with Crippen molar-refractivity contribution in [3.63, 3.8) is 0 Å². The number of halogens is 1. The molecule has 1 heterocycles. The molecule has 0 spiro atoms. The van der Waals surface area contributed by atoms with Gasteiger partial charge in [-0.05, 0) is 12.5 Å². The van der Waals surface area contributed by atoms with Crippen molar-refractivity contribution in [1.82, 2.24) is 10.2 Å². The van der Waals surface area contributed by atoms with Gasteiger partial charge in [-0.1, -0.05) is 6.07 Å². The van der Waals surface area contributed by atoms with Crippen LogP contribution in [0.25, 0.3) is 0 Å². The van der Waals surface area contributed by atoms with Crippen LogP contribution in [0.5, 0.6) is 11.5 Å². The minimum Gasteiger partial charge on any atom is -0.507 e. The molecule has 4 nitrogen and oxygen atoms in total. The van der Waals surface area contributed by atoms with Gasteiger partial charge in [0.25, 0.3) is 0 Å². The van der Waals surface area contributed by atoms with Crippen LogP contribution < -0.4 is 10.1 Å². The van der Waals surface area contributed by atoms with Gasteiger partial charge in [-0.25, -0.2) is 0 Å². The molecule has 1 aromatic rings. The van der Waals surface area contributed by atoms with Crippen LogP contribution in [0, 0.1) is 0 Å². The van der Waals surface area contributed by atoms with Gasteiger partial charge in [-0.15, -0.1) is 0 Å². The minimum absolute atomic E-state index is 0.0713. The molecular formula is C14H21FN2O2. The average Bonchev–Trinajstić information content (AvgIpc) is 2.46. The van der Waals surface area contributed by atoms with E-state index in [0.717, 1.165) is 31.7 Å². The summed E-state index contributed by atoms with van der Waals surface area (Å²) in [5, 5.41) is 13.4. The molecule has 1 fully saturated rings. The lowest BCUT2D eigenvalue weighted by atomic mass is 10.0. The predicted molar refractivity (Wildman–Crippen MR) is 72.4 cm³/mol. The summed E-state index contributed by atoms with van der Waals surface area (Å²) in [7, 11) is 1.56. The van der Waals surface area contributed by atoms with Gasteiger partial charge < -0.3 is 15.2 Å². The highest BCUT2D eigenvalue weighted by Crippen LogP contribution is 2.34. The maximum atomic E-state index is 12.8. The Kier molecular flexibility index (Phi) is 4.99. The molecule has 1 aliphatic heterocycles. The van der Waals surface area contributed by atoms with E-state index in [1.54, 1.807) is 13.2 Å². The maximum Gasteiger partial charge on any atom is 0.124 e. The zero-order valence-electron chi connectivity index (χ0n) is 11.2. The maximum absolute atomic E-state index is 12.8. The van der Waals surface area contributed by atoms with Gasteiger partial charge in [0.15, 0.2) is 0 Å². The Labute approximate surface area is 113 Å². The summed E-state index contributed by atoms with van der Waals surface area (Å²) in [6.07, 6.45) is 0.403. The lowest BCUT2D eigenvalue weighted by Gasteiger charge is -2.35. The number of rotatable bonds is 5. The summed E-state index contributed by atoms with van der Waals surface area (Å²) in [5.41, 5.74) is 0.778. The number of aromatic hydroxyl groups is 1. The molecule has 0 bridgehead atoms. The number of phenols is 1. The van der Waals surface area contributed by atoms with Gasteiger partial charge in [0.2, 0.25) is 0 Å². The highest BCUT2D eigenvalue weighted by atomic mass is 19.1. The minimum atomic E-state index is -0.389. The molecule has 1 aliphatic rings. The summed E-state index contributed by atoms with van der Waals surface area (Å²) < 4.78 is 17.9. The van der Waals surface area contributed by atoms with Crippen LogP contribution >= 0.6 is 0 Å². The largest absolute Gasteiger partial charge is 0.507 e. The van der Waals surface area contributed by atoms with Crippen molar-refractivity contribution in [1.29, 1.82) is 0 Å². The van der Waals surface area contributed by atoms with Gasteiger partial charge in [-0.3, -0.25) is 9.29 Å². The number of piperazine rings is 1. The van der Waals surface area contributed by atoms with Crippen molar-refractivity contribution in [3.8, 4) is 11.5 Å². The zero-order chi connectivity index (χ0) is 13.7. The molecule has 0 radical (unpaired) electrons. The van der Waals surface area contributed by atoms with Crippen molar-refractivity contribution in [2.24, 2.45) is 0 Å². The Bertz CT molecular complexity index is 408. The Morgan fingerprint density at radius 3 is 2.74 bits per heavy atom. The van der Waals surface area contributed by atoms with Crippen LogP contribution in [0.1, 0.15) is 18.0 Å². The molecular weight excluding hydrogens is 247 g/mol. The van der Waals surface area contributed by atoms with Crippen molar-refractivity contribution in [3.05, 3.63) is 23.8 Å². The number of methoxy groups -OCH3 is 1. The Balaban J connectivity index is 2.22. The number of hydrogen-bond donors (Lipinski definition) is 2. The molecule has 1 saturated heterocycles. The predicted octanol–water partition coefficient (Wildman–Crippen LogP) is 1.71. The van der Waals surface area contributed by atoms with Crippen LogP contribution in [-0.2, 0) is 0 Å². The molecule has 0 aromatic heterocycles. The first-order chi connectivity index (χ1) is 9.26. The average molecular weight is 268 g/mol. The topological polar surface area (TPSA) is 44.7 Å². The highest BCUT2D eigenvalue weighted by molar-refractivity contribution is 5.41. The van der Waals surface area contributed by atoms with E-state index >= 15 is 0 Å². The van der Waals surface area contributed by atoms with Gasteiger partial charge >= 0.3 is 0 Å². The monoisotopic (exact) mass is 268 g/mol. The smallest absolute Gasteiger partial charge is 0.124 e. The fraction of sp³-hybridized carbons (Fsp3) is 0.571. The summed E-state index contributed by atoms with van der Waals surface area (Å²) >= 11 is 0. The Morgan fingerprint density at radius 2 is 2.16 bits per heavy atom. The first kappa shape index (κ1) is 14.1. The van der Waals surface area contributed by atoms with E-state index < -0.39 is 0 Å². The summed E-state index contributed by atoms with van der Waals surface area (Å²) in [4.78, 5) is 2.22. The number of hydrogen-bond acceptors (Lipinski definition) is 4. The van der Waals surface area contributed by atoms with E-state index in [4.69, 9.17) is 4.74 Å². The van der Waals surface area contributed by atoms with Crippen LogP contribution in [0.2, 0.25) is 0 Å². The number of alkyl halides is 1. The summed E-state index contributed by atoms with van der Waals surface area (Å²) in [6.45, 7) is 3.16. The first-order valence-electron chi connectivity index (χ1n) is 6.64. The SMILES string of the molecule is COc1ccc([C@H](CCF)N2CCNCC2)c(O)c1. The van der Waals surface area contributed by atoms with Gasteiger partial charge in [0.1, 0.15) is 11.5 Å². The fourth-order valence-electron chi connectivity index (χ4n) is 2.56. The summed E-state index contributed by atoms with van der Waals surface area (Å²) in [6, 6.07) is 5.15. The van der Waals surface area contributed by atoms with Crippen LogP contribution in [0.3, 0.4) is 0 Å². The quantitative estimate of drug-likeness (QED) is 0.853. The van der Waals surface area contributed by atoms with Crippen molar-refractivity contribution >= 4 is 0 Å². The van der Waals surface area contributed by atoms with Crippen molar-refractivity contribution in [2.75, 3.05) is 40.0 Å². The third-order valence-corrected chi connectivity index (χ3v) is 3.57. The Hall–Kier alpha value is -1.33. The van der Waals surface area contributed by atoms with E-state index in [-0.39, 0.29) is 18.5 Å². The molecule has 0 saturated carbocycles. The lowest BCUT2D eigenvalue weighted by molar-refractivity contribution is 0.155. The molecule has 0 unspecified atom stereocenters. The molecule has 2 N–H and O–H groups in total. The number of phenolic OH excluding ortho intramolecular Hbond substituents is 1. The third-order valence-electron chi connectivity index (χ3n) is 3.57. The van der Waals surface area contributed by atoms with Crippen molar-refractivity contribution < 1.29 is 14.2 Å². The van der Waals surface area contributed by atoms with Crippen molar-refractivity contribution in [2.45, 2.75) is 12.5 Å². The molecule has 19 heavy (non-hydrogen) atoms. The van der Waals surface area contributed by atoms with E-state index in [9.17, 15) is 9.50 Å².